The first-order chi connectivity index (χ1) is 6.38. The second kappa shape index (κ2) is 3.69. The molecular weight excluding hydrogens is 164 g/mol. The average Bonchev–Trinajstić information content (AvgIpc) is 2.99. The van der Waals surface area contributed by atoms with E-state index in [9.17, 15) is 0 Å². The molecule has 0 saturated heterocycles. The molecule has 1 saturated carbocycles. The Labute approximate surface area is 78.5 Å². The van der Waals surface area contributed by atoms with Crippen LogP contribution in [0.1, 0.15) is 12.8 Å². The standard InChI is InChI=1S/C11H14O2/c1-12-10-3-2-4-11(7-10)13-8-9-5-6-9/h2-4,7,9H,5-6,8H2,1H3. The van der Waals surface area contributed by atoms with Crippen LogP contribution in [0.5, 0.6) is 11.5 Å². The lowest BCUT2D eigenvalue weighted by Crippen LogP contribution is -1.98. The van der Waals surface area contributed by atoms with Gasteiger partial charge >= 0.3 is 0 Å². The van der Waals surface area contributed by atoms with Gasteiger partial charge in [0, 0.05) is 6.07 Å². The highest BCUT2D eigenvalue weighted by molar-refractivity contribution is 5.32. The third-order valence-electron chi connectivity index (χ3n) is 2.22. The van der Waals surface area contributed by atoms with Crippen LogP contribution in [0.2, 0.25) is 0 Å². The highest BCUT2D eigenvalue weighted by atomic mass is 16.5. The summed E-state index contributed by atoms with van der Waals surface area (Å²) in [6.45, 7) is 0.854. The van der Waals surface area contributed by atoms with Gasteiger partial charge in [-0.25, -0.2) is 0 Å². The minimum absolute atomic E-state index is 0.797. The van der Waals surface area contributed by atoms with Gasteiger partial charge in [0.05, 0.1) is 13.7 Å². The lowest BCUT2D eigenvalue weighted by molar-refractivity contribution is 0.297. The highest BCUT2D eigenvalue weighted by Gasteiger charge is 2.21. The molecule has 2 heteroatoms. The molecule has 2 nitrogen and oxygen atoms in total. The summed E-state index contributed by atoms with van der Waals surface area (Å²) in [5.41, 5.74) is 0. The summed E-state index contributed by atoms with van der Waals surface area (Å²) >= 11 is 0. The summed E-state index contributed by atoms with van der Waals surface area (Å²) in [5, 5.41) is 0. The molecule has 0 unspecified atom stereocenters. The van der Waals surface area contributed by atoms with E-state index in [1.165, 1.54) is 12.8 Å². The quantitative estimate of drug-likeness (QED) is 0.705. The summed E-state index contributed by atoms with van der Waals surface area (Å²) < 4.78 is 10.7. The van der Waals surface area contributed by atoms with Gasteiger partial charge in [-0.15, -0.1) is 0 Å². The van der Waals surface area contributed by atoms with Gasteiger partial charge in [0.1, 0.15) is 11.5 Å². The van der Waals surface area contributed by atoms with Gasteiger partial charge in [-0.2, -0.15) is 0 Å². The molecule has 70 valence electrons. The van der Waals surface area contributed by atoms with E-state index in [1.807, 2.05) is 24.3 Å². The zero-order chi connectivity index (χ0) is 9.10. The molecule has 1 aliphatic rings. The van der Waals surface area contributed by atoms with Gasteiger partial charge in [-0.1, -0.05) is 6.07 Å². The molecule has 2 rings (SSSR count). The fraction of sp³-hybridized carbons (Fsp3) is 0.455. The first-order valence-electron chi connectivity index (χ1n) is 4.65. The highest BCUT2D eigenvalue weighted by Crippen LogP contribution is 2.30. The molecule has 1 aliphatic carbocycles. The molecule has 1 fully saturated rings. The zero-order valence-electron chi connectivity index (χ0n) is 7.82. The molecule has 0 N–H and O–H groups in total. The van der Waals surface area contributed by atoms with Crippen molar-refractivity contribution in [3.05, 3.63) is 24.3 Å². The molecule has 0 amide bonds. The Bertz CT molecular complexity index is 279. The largest absolute Gasteiger partial charge is 0.497 e. The van der Waals surface area contributed by atoms with Crippen LogP contribution >= 0.6 is 0 Å². The van der Waals surface area contributed by atoms with Crippen LogP contribution in [0.25, 0.3) is 0 Å². The van der Waals surface area contributed by atoms with Crippen molar-refractivity contribution in [2.45, 2.75) is 12.8 Å². The van der Waals surface area contributed by atoms with Crippen LogP contribution in [-0.4, -0.2) is 13.7 Å². The topological polar surface area (TPSA) is 18.5 Å². The maximum atomic E-state index is 5.59. The molecule has 0 atom stereocenters. The van der Waals surface area contributed by atoms with Gasteiger partial charge in [-0.05, 0) is 30.9 Å². The van der Waals surface area contributed by atoms with Gasteiger partial charge in [0.25, 0.3) is 0 Å². The molecule has 0 aromatic heterocycles. The number of methoxy groups -OCH3 is 1. The van der Waals surface area contributed by atoms with E-state index < -0.39 is 0 Å². The Morgan fingerprint density at radius 3 is 2.77 bits per heavy atom. The first-order valence-corrected chi connectivity index (χ1v) is 4.65. The van der Waals surface area contributed by atoms with Crippen LogP contribution in [-0.2, 0) is 0 Å². The summed E-state index contributed by atoms with van der Waals surface area (Å²) in [5.74, 6) is 2.56. The number of hydrogen-bond acceptors (Lipinski definition) is 2. The number of rotatable bonds is 4. The van der Waals surface area contributed by atoms with Crippen LogP contribution in [0.15, 0.2) is 24.3 Å². The maximum Gasteiger partial charge on any atom is 0.122 e. The fourth-order valence-corrected chi connectivity index (χ4v) is 1.19. The number of hydrogen-bond donors (Lipinski definition) is 0. The third kappa shape index (κ3) is 2.38. The maximum absolute atomic E-state index is 5.59. The van der Waals surface area contributed by atoms with Gasteiger partial charge < -0.3 is 9.47 Å². The second-order valence-electron chi connectivity index (χ2n) is 3.43. The van der Waals surface area contributed by atoms with Crippen LogP contribution in [0, 0.1) is 5.92 Å². The van der Waals surface area contributed by atoms with E-state index in [4.69, 9.17) is 9.47 Å². The van der Waals surface area contributed by atoms with Crippen molar-refractivity contribution >= 4 is 0 Å². The lowest BCUT2D eigenvalue weighted by atomic mass is 10.3. The van der Waals surface area contributed by atoms with Gasteiger partial charge in [-0.3, -0.25) is 0 Å². The molecule has 1 aromatic rings. The van der Waals surface area contributed by atoms with Crippen molar-refractivity contribution in [1.82, 2.24) is 0 Å². The van der Waals surface area contributed by atoms with Crippen molar-refractivity contribution in [2.75, 3.05) is 13.7 Å². The second-order valence-corrected chi connectivity index (χ2v) is 3.43. The normalized spacial score (nSPS) is 15.5. The summed E-state index contributed by atoms with van der Waals surface area (Å²) in [4.78, 5) is 0. The molecule has 0 radical (unpaired) electrons. The molecule has 0 heterocycles. The smallest absolute Gasteiger partial charge is 0.122 e. The summed E-state index contributed by atoms with van der Waals surface area (Å²) in [7, 11) is 1.67. The van der Waals surface area contributed by atoms with Crippen LogP contribution < -0.4 is 9.47 Å². The average molecular weight is 178 g/mol. The van der Waals surface area contributed by atoms with Gasteiger partial charge in [0.15, 0.2) is 0 Å². The zero-order valence-corrected chi connectivity index (χ0v) is 7.82. The molecule has 0 bridgehead atoms. The monoisotopic (exact) mass is 178 g/mol. The van der Waals surface area contributed by atoms with Crippen molar-refractivity contribution in [2.24, 2.45) is 5.92 Å². The van der Waals surface area contributed by atoms with Crippen LogP contribution in [0.4, 0.5) is 0 Å². The minimum atomic E-state index is 0.797. The van der Waals surface area contributed by atoms with Crippen molar-refractivity contribution in [3.63, 3.8) is 0 Å². The van der Waals surface area contributed by atoms with E-state index in [-0.39, 0.29) is 0 Å². The van der Waals surface area contributed by atoms with E-state index in [0.717, 1.165) is 24.0 Å². The molecule has 0 spiro atoms. The molecule has 1 aromatic carbocycles. The SMILES string of the molecule is COc1cccc(OCC2CC2)c1. The van der Waals surface area contributed by atoms with Gasteiger partial charge in [0.2, 0.25) is 0 Å². The number of benzene rings is 1. The fourth-order valence-electron chi connectivity index (χ4n) is 1.19. The Hall–Kier alpha value is -1.18. The predicted molar refractivity (Wildman–Crippen MR) is 51.2 cm³/mol. The Kier molecular flexibility index (Phi) is 2.39. The Balaban J connectivity index is 1.93. The van der Waals surface area contributed by atoms with E-state index in [0.29, 0.717) is 0 Å². The summed E-state index contributed by atoms with van der Waals surface area (Å²) in [6, 6.07) is 7.75. The number of ether oxygens (including phenoxy) is 2. The van der Waals surface area contributed by atoms with E-state index in [1.54, 1.807) is 7.11 Å². The minimum Gasteiger partial charge on any atom is -0.497 e. The summed E-state index contributed by atoms with van der Waals surface area (Å²) in [6.07, 6.45) is 2.65. The molecular formula is C11H14O2. The Morgan fingerprint density at radius 2 is 2.08 bits per heavy atom. The lowest BCUT2D eigenvalue weighted by Gasteiger charge is -2.06. The van der Waals surface area contributed by atoms with E-state index >= 15 is 0 Å². The Morgan fingerprint density at radius 1 is 1.31 bits per heavy atom. The van der Waals surface area contributed by atoms with Crippen molar-refractivity contribution in [3.8, 4) is 11.5 Å². The van der Waals surface area contributed by atoms with E-state index in [2.05, 4.69) is 0 Å². The van der Waals surface area contributed by atoms with Crippen LogP contribution in [0.3, 0.4) is 0 Å². The predicted octanol–water partition coefficient (Wildman–Crippen LogP) is 2.48. The third-order valence-corrected chi connectivity index (χ3v) is 2.22. The first kappa shape index (κ1) is 8.42. The van der Waals surface area contributed by atoms with Crippen molar-refractivity contribution in [1.29, 1.82) is 0 Å². The molecule has 0 aliphatic heterocycles. The molecule has 13 heavy (non-hydrogen) atoms. The van der Waals surface area contributed by atoms with Crippen molar-refractivity contribution < 1.29 is 9.47 Å².